The third kappa shape index (κ3) is 6.62. The van der Waals surface area contributed by atoms with Gasteiger partial charge in [0.15, 0.2) is 0 Å². The van der Waals surface area contributed by atoms with Crippen molar-refractivity contribution in [3.8, 4) is 5.75 Å². The molecule has 2 N–H and O–H groups in total. The van der Waals surface area contributed by atoms with E-state index in [0.717, 1.165) is 18.8 Å². The minimum atomic E-state index is -0.794. The van der Waals surface area contributed by atoms with Gasteiger partial charge in [-0.3, -0.25) is 0 Å². The Hall–Kier alpha value is -1.06. The zero-order chi connectivity index (χ0) is 13.6. The SMILES string of the molecule is CC(C)CNCc1ccc(OCC(C)(C)O)cc1. The van der Waals surface area contributed by atoms with Crippen LogP contribution in [-0.2, 0) is 6.54 Å². The van der Waals surface area contributed by atoms with Crippen molar-refractivity contribution < 1.29 is 9.84 Å². The fourth-order valence-electron chi connectivity index (χ4n) is 1.47. The summed E-state index contributed by atoms with van der Waals surface area (Å²) in [5.74, 6) is 1.46. The number of benzene rings is 1. The van der Waals surface area contributed by atoms with Crippen LogP contribution >= 0.6 is 0 Å². The maximum Gasteiger partial charge on any atom is 0.119 e. The van der Waals surface area contributed by atoms with Crippen LogP contribution < -0.4 is 10.1 Å². The Balaban J connectivity index is 2.38. The minimum Gasteiger partial charge on any atom is -0.491 e. The summed E-state index contributed by atoms with van der Waals surface area (Å²) in [6.07, 6.45) is 0. The van der Waals surface area contributed by atoms with Gasteiger partial charge in [0.05, 0.1) is 5.60 Å². The van der Waals surface area contributed by atoms with Crippen molar-refractivity contribution in [3.05, 3.63) is 29.8 Å². The van der Waals surface area contributed by atoms with Crippen molar-refractivity contribution in [1.82, 2.24) is 5.32 Å². The third-order valence-corrected chi connectivity index (χ3v) is 2.40. The molecule has 0 saturated carbocycles. The van der Waals surface area contributed by atoms with E-state index in [0.29, 0.717) is 12.5 Å². The van der Waals surface area contributed by atoms with Crippen molar-refractivity contribution in [2.24, 2.45) is 5.92 Å². The molecule has 3 nitrogen and oxygen atoms in total. The second-order valence-corrected chi connectivity index (χ2v) is 5.77. The zero-order valence-electron chi connectivity index (χ0n) is 11.9. The summed E-state index contributed by atoms with van der Waals surface area (Å²) in [6, 6.07) is 7.98. The smallest absolute Gasteiger partial charge is 0.119 e. The van der Waals surface area contributed by atoms with Crippen molar-refractivity contribution in [2.45, 2.75) is 39.8 Å². The summed E-state index contributed by atoms with van der Waals surface area (Å²) >= 11 is 0. The fraction of sp³-hybridized carbons (Fsp3) is 0.600. The van der Waals surface area contributed by atoms with Crippen LogP contribution in [0.25, 0.3) is 0 Å². The van der Waals surface area contributed by atoms with Gasteiger partial charge < -0.3 is 15.2 Å². The van der Waals surface area contributed by atoms with Crippen LogP contribution in [-0.4, -0.2) is 23.9 Å². The normalized spacial score (nSPS) is 11.9. The maximum absolute atomic E-state index is 9.57. The number of hydrogen-bond donors (Lipinski definition) is 2. The Morgan fingerprint density at radius 3 is 2.33 bits per heavy atom. The van der Waals surface area contributed by atoms with Gasteiger partial charge in [0.1, 0.15) is 12.4 Å². The van der Waals surface area contributed by atoms with Crippen molar-refractivity contribution >= 4 is 0 Å². The van der Waals surface area contributed by atoms with Crippen LogP contribution in [0.4, 0.5) is 0 Å². The first-order valence-corrected chi connectivity index (χ1v) is 6.51. The molecule has 0 aliphatic heterocycles. The summed E-state index contributed by atoms with van der Waals surface area (Å²) in [4.78, 5) is 0. The zero-order valence-corrected chi connectivity index (χ0v) is 11.9. The summed E-state index contributed by atoms with van der Waals surface area (Å²) in [5.41, 5.74) is 0.448. The lowest BCUT2D eigenvalue weighted by atomic mass is 10.1. The molecule has 0 aliphatic carbocycles. The number of nitrogens with one attached hydrogen (secondary N) is 1. The van der Waals surface area contributed by atoms with Gasteiger partial charge in [-0.25, -0.2) is 0 Å². The van der Waals surface area contributed by atoms with Gasteiger partial charge in [-0.05, 0) is 44.0 Å². The van der Waals surface area contributed by atoms with Gasteiger partial charge in [0.2, 0.25) is 0 Å². The van der Waals surface area contributed by atoms with E-state index in [1.807, 2.05) is 24.3 Å². The van der Waals surface area contributed by atoms with Crippen LogP contribution in [0.1, 0.15) is 33.3 Å². The first-order chi connectivity index (χ1) is 8.37. The summed E-state index contributed by atoms with van der Waals surface area (Å²) < 4.78 is 5.50. The van der Waals surface area contributed by atoms with Gasteiger partial charge in [-0.1, -0.05) is 26.0 Å². The second kappa shape index (κ2) is 6.76. The van der Waals surface area contributed by atoms with Crippen LogP contribution in [0, 0.1) is 5.92 Å². The molecular formula is C15H25NO2. The Labute approximate surface area is 110 Å². The lowest BCUT2D eigenvalue weighted by Gasteiger charge is -2.17. The minimum absolute atomic E-state index is 0.304. The molecule has 102 valence electrons. The summed E-state index contributed by atoms with van der Waals surface area (Å²) in [5, 5.41) is 13.0. The number of rotatable bonds is 7. The topological polar surface area (TPSA) is 41.5 Å². The van der Waals surface area contributed by atoms with E-state index in [1.165, 1.54) is 5.56 Å². The van der Waals surface area contributed by atoms with Gasteiger partial charge >= 0.3 is 0 Å². The van der Waals surface area contributed by atoms with Gasteiger partial charge in [-0.2, -0.15) is 0 Å². The van der Waals surface area contributed by atoms with E-state index in [4.69, 9.17) is 4.74 Å². The average molecular weight is 251 g/mol. The molecule has 0 atom stereocenters. The Bertz CT molecular complexity index is 339. The molecule has 0 amide bonds. The average Bonchev–Trinajstić information content (AvgIpc) is 2.26. The first kappa shape index (κ1) is 15.0. The van der Waals surface area contributed by atoms with Crippen molar-refractivity contribution in [2.75, 3.05) is 13.2 Å². The maximum atomic E-state index is 9.57. The summed E-state index contributed by atoms with van der Waals surface area (Å²) in [7, 11) is 0. The molecule has 0 aliphatic rings. The molecule has 1 rings (SSSR count). The van der Waals surface area contributed by atoms with E-state index in [1.54, 1.807) is 13.8 Å². The third-order valence-electron chi connectivity index (χ3n) is 2.40. The van der Waals surface area contributed by atoms with E-state index < -0.39 is 5.60 Å². The largest absolute Gasteiger partial charge is 0.491 e. The molecule has 0 spiro atoms. The van der Waals surface area contributed by atoms with Gasteiger partial charge in [0, 0.05) is 6.54 Å². The predicted octanol–water partition coefficient (Wildman–Crippen LogP) is 2.58. The number of ether oxygens (including phenoxy) is 1. The molecule has 0 radical (unpaired) electrons. The Morgan fingerprint density at radius 2 is 1.83 bits per heavy atom. The van der Waals surface area contributed by atoms with Crippen LogP contribution in [0.5, 0.6) is 5.75 Å². The highest BCUT2D eigenvalue weighted by Crippen LogP contribution is 2.14. The molecule has 0 heterocycles. The van der Waals surface area contributed by atoms with E-state index in [-0.39, 0.29) is 0 Å². The Kier molecular flexibility index (Phi) is 5.63. The molecule has 1 aromatic carbocycles. The van der Waals surface area contributed by atoms with Crippen LogP contribution in [0.15, 0.2) is 24.3 Å². The molecule has 1 aromatic rings. The van der Waals surface area contributed by atoms with E-state index in [2.05, 4.69) is 19.2 Å². The molecule has 0 bridgehead atoms. The highest BCUT2D eigenvalue weighted by Gasteiger charge is 2.12. The molecule has 0 aromatic heterocycles. The molecule has 0 fully saturated rings. The van der Waals surface area contributed by atoms with Gasteiger partial charge in [0.25, 0.3) is 0 Å². The second-order valence-electron chi connectivity index (χ2n) is 5.77. The molecule has 3 heteroatoms. The molecular weight excluding hydrogens is 226 g/mol. The van der Waals surface area contributed by atoms with E-state index >= 15 is 0 Å². The fourth-order valence-corrected chi connectivity index (χ4v) is 1.47. The van der Waals surface area contributed by atoms with Gasteiger partial charge in [-0.15, -0.1) is 0 Å². The number of aliphatic hydroxyl groups is 1. The van der Waals surface area contributed by atoms with E-state index in [9.17, 15) is 5.11 Å². The predicted molar refractivity (Wildman–Crippen MR) is 74.8 cm³/mol. The molecule has 0 saturated heterocycles. The standard InChI is InChI=1S/C15H25NO2/c1-12(2)9-16-10-13-5-7-14(8-6-13)18-11-15(3,4)17/h5-8,12,16-17H,9-11H2,1-4H3. The first-order valence-electron chi connectivity index (χ1n) is 6.51. The Morgan fingerprint density at radius 1 is 1.22 bits per heavy atom. The highest BCUT2D eigenvalue weighted by atomic mass is 16.5. The quantitative estimate of drug-likeness (QED) is 0.782. The van der Waals surface area contributed by atoms with Crippen LogP contribution in [0.3, 0.4) is 0 Å². The van der Waals surface area contributed by atoms with Crippen molar-refractivity contribution in [3.63, 3.8) is 0 Å². The van der Waals surface area contributed by atoms with Crippen LogP contribution in [0.2, 0.25) is 0 Å². The highest BCUT2D eigenvalue weighted by molar-refractivity contribution is 5.27. The molecule has 0 unspecified atom stereocenters. The molecule has 18 heavy (non-hydrogen) atoms. The summed E-state index contributed by atoms with van der Waals surface area (Å²) in [6.45, 7) is 10.1. The lowest BCUT2D eigenvalue weighted by Crippen LogP contribution is -2.27. The monoisotopic (exact) mass is 251 g/mol. The lowest BCUT2D eigenvalue weighted by molar-refractivity contribution is 0.0285. The number of hydrogen-bond acceptors (Lipinski definition) is 3. The van der Waals surface area contributed by atoms with Crippen molar-refractivity contribution in [1.29, 1.82) is 0 Å².